The first-order valence-electron chi connectivity index (χ1n) is 4.82. The highest BCUT2D eigenvalue weighted by Crippen LogP contribution is 2.08. The topological polar surface area (TPSA) is 9.23 Å². The highest BCUT2D eigenvalue weighted by molar-refractivity contribution is 5.16. The fourth-order valence-corrected chi connectivity index (χ4v) is 1.05. The van der Waals surface area contributed by atoms with Gasteiger partial charge in [0.1, 0.15) is 0 Å². The fourth-order valence-electron chi connectivity index (χ4n) is 1.05. The number of ether oxygens (including phenoxy) is 1. The third kappa shape index (κ3) is 5.14. The normalized spacial score (nSPS) is 22.0. The number of allylic oxidation sites excluding steroid dienone is 2. The molecule has 0 unspecified atom stereocenters. The molecule has 1 nitrogen and oxygen atoms in total. The molecule has 0 amide bonds. The van der Waals surface area contributed by atoms with Crippen molar-refractivity contribution in [1.29, 1.82) is 0 Å². The van der Waals surface area contributed by atoms with Crippen molar-refractivity contribution in [2.24, 2.45) is 0 Å². The summed E-state index contributed by atoms with van der Waals surface area (Å²) in [5.74, 6) is 0. The maximum absolute atomic E-state index is 5.32. The number of hydrogen-bond donors (Lipinski definition) is 0. The number of hydrogen-bond acceptors (Lipinski definition) is 1. The van der Waals surface area contributed by atoms with Crippen LogP contribution in [-0.4, -0.2) is 13.2 Å². The predicted molar refractivity (Wildman–Crippen MR) is 54.3 cm³/mol. The lowest BCUT2D eigenvalue weighted by Gasteiger charge is -2.08. The van der Waals surface area contributed by atoms with Crippen LogP contribution < -0.4 is 0 Å². The third-order valence-electron chi connectivity index (χ3n) is 1.70. The molecule has 0 N–H and O–H groups in total. The van der Waals surface area contributed by atoms with Gasteiger partial charge in [-0.05, 0) is 19.3 Å². The first-order chi connectivity index (χ1) is 5.93. The van der Waals surface area contributed by atoms with Crippen molar-refractivity contribution in [2.75, 3.05) is 13.2 Å². The standard InChI is InChI=1S/C9H14O.C2H6/c1-2-9-5-3-4-7-10-8-6-9;1-2/h2,5H,1,3-4,6-8H2;1-2H3/b9-5-;. The molecular weight excluding hydrogens is 148 g/mol. The van der Waals surface area contributed by atoms with Gasteiger partial charge in [0.2, 0.25) is 0 Å². The summed E-state index contributed by atoms with van der Waals surface area (Å²) in [5, 5.41) is 0. The Morgan fingerprint density at radius 3 is 2.83 bits per heavy atom. The minimum atomic E-state index is 0.859. The van der Waals surface area contributed by atoms with E-state index in [1.807, 2.05) is 19.9 Å². The summed E-state index contributed by atoms with van der Waals surface area (Å²) in [6, 6.07) is 0. The quantitative estimate of drug-likeness (QED) is 0.583. The zero-order valence-corrected chi connectivity index (χ0v) is 8.31. The largest absolute Gasteiger partial charge is 0.381 e. The maximum atomic E-state index is 5.32. The summed E-state index contributed by atoms with van der Waals surface area (Å²) < 4.78 is 5.32. The first-order valence-corrected chi connectivity index (χ1v) is 4.82. The Morgan fingerprint density at radius 2 is 2.17 bits per heavy atom. The molecule has 0 aliphatic carbocycles. The van der Waals surface area contributed by atoms with E-state index in [1.54, 1.807) is 0 Å². The lowest BCUT2D eigenvalue weighted by molar-refractivity contribution is 0.133. The Morgan fingerprint density at radius 1 is 1.42 bits per heavy atom. The van der Waals surface area contributed by atoms with Gasteiger partial charge in [-0.1, -0.05) is 38.2 Å². The molecule has 0 aromatic heterocycles. The minimum Gasteiger partial charge on any atom is -0.381 e. The van der Waals surface area contributed by atoms with Gasteiger partial charge in [0.05, 0.1) is 6.61 Å². The summed E-state index contributed by atoms with van der Waals surface area (Å²) in [7, 11) is 0. The van der Waals surface area contributed by atoms with Crippen LogP contribution in [-0.2, 0) is 4.74 Å². The van der Waals surface area contributed by atoms with E-state index in [2.05, 4.69) is 12.7 Å². The second-order valence-corrected chi connectivity index (χ2v) is 2.49. The molecule has 0 aromatic carbocycles. The van der Waals surface area contributed by atoms with Gasteiger partial charge in [-0.15, -0.1) is 0 Å². The molecule has 0 aromatic rings. The SMILES string of the molecule is C=C/C1=C/CCCOCC1.CC. The van der Waals surface area contributed by atoms with Crippen molar-refractivity contribution in [3.63, 3.8) is 0 Å². The average Bonchev–Trinajstić information content (AvgIpc) is 2.08. The predicted octanol–water partition coefficient (Wildman–Crippen LogP) is 3.33. The van der Waals surface area contributed by atoms with Crippen molar-refractivity contribution in [1.82, 2.24) is 0 Å². The average molecular weight is 168 g/mol. The Bertz CT molecular complexity index is 136. The van der Waals surface area contributed by atoms with E-state index in [9.17, 15) is 0 Å². The van der Waals surface area contributed by atoms with Crippen LogP contribution >= 0.6 is 0 Å². The van der Waals surface area contributed by atoms with Crippen molar-refractivity contribution in [3.05, 3.63) is 24.3 Å². The van der Waals surface area contributed by atoms with Crippen molar-refractivity contribution < 1.29 is 4.74 Å². The molecule has 1 heteroatoms. The molecule has 1 aliphatic rings. The second-order valence-electron chi connectivity index (χ2n) is 2.49. The van der Waals surface area contributed by atoms with Crippen molar-refractivity contribution >= 4 is 0 Å². The maximum Gasteiger partial charge on any atom is 0.0506 e. The van der Waals surface area contributed by atoms with Gasteiger partial charge in [-0.25, -0.2) is 0 Å². The van der Waals surface area contributed by atoms with Gasteiger partial charge in [-0.2, -0.15) is 0 Å². The minimum absolute atomic E-state index is 0.859. The summed E-state index contributed by atoms with van der Waals surface area (Å²) >= 11 is 0. The molecule has 0 atom stereocenters. The van der Waals surface area contributed by atoms with Gasteiger partial charge in [0.15, 0.2) is 0 Å². The zero-order chi connectivity index (χ0) is 9.23. The Labute approximate surface area is 76.1 Å². The van der Waals surface area contributed by atoms with Crippen LogP contribution in [0.3, 0.4) is 0 Å². The summed E-state index contributed by atoms with van der Waals surface area (Å²) in [5.41, 5.74) is 1.33. The Balaban J connectivity index is 0.000000561. The molecule has 1 rings (SSSR count). The molecule has 0 bridgehead atoms. The molecule has 0 fully saturated rings. The summed E-state index contributed by atoms with van der Waals surface area (Å²) in [6.45, 7) is 9.51. The van der Waals surface area contributed by atoms with E-state index in [1.165, 1.54) is 5.57 Å². The Hall–Kier alpha value is -0.560. The highest BCUT2D eigenvalue weighted by atomic mass is 16.5. The fraction of sp³-hybridized carbons (Fsp3) is 0.636. The monoisotopic (exact) mass is 168 g/mol. The molecule has 0 spiro atoms. The molecule has 1 aliphatic heterocycles. The smallest absolute Gasteiger partial charge is 0.0506 e. The van der Waals surface area contributed by atoms with Crippen LogP contribution in [0.25, 0.3) is 0 Å². The summed E-state index contributed by atoms with van der Waals surface area (Å²) in [4.78, 5) is 0. The zero-order valence-electron chi connectivity index (χ0n) is 8.31. The van der Waals surface area contributed by atoms with E-state index in [0.717, 1.165) is 32.5 Å². The molecule has 1 heterocycles. The summed E-state index contributed by atoms with van der Waals surface area (Å²) in [6.07, 6.45) is 7.51. The molecule has 12 heavy (non-hydrogen) atoms. The van der Waals surface area contributed by atoms with Crippen LogP contribution in [0.1, 0.15) is 33.1 Å². The van der Waals surface area contributed by atoms with E-state index in [-0.39, 0.29) is 0 Å². The van der Waals surface area contributed by atoms with Gasteiger partial charge in [-0.3, -0.25) is 0 Å². The van der Waals surface area contributed by atoms with Crippen molar-refractivity contribution in [2.45, 2.75) is 33.1 Å². The molecule has 0 saturated heterocycles. The van der Waals surface area contributed by atoms with E-state index < -0.39 is 0 Å². The molecule has 0 radical (unpaired) electrons. The van der Waals surface area contributed by atoms with E-state index in [4.69, 9.17) is 4.74 Å². The van der Waals surface area contributed by atoms with Crippen LogP contribution in [0.4, 0.5) is 0 Å². The van der Waals surface area contributed by atoms with Crippen LogP contribution in [0.2, 0.25) is 0 Å². The van der Waals surface area contributed by atoms with Gasteiger partial charge < -0.3 is 4.74 Å². The molecule has 70 valence electrons. The second kappa shape index (κ2) is 8.54. The van der Waals surface area contributed by atoms with Gasteiger partial charge in [0, 0.05) is 6.61 Å². The first kappa shape index (κ1) is 11.4. The lowest BCUT2D eigenvalue weighted by Crippen LogP contribution is -2.00. The van der Waals surface area contributed by atoms with Gasteiger partial charge >= 0.3 is 0 Å². The highest BCUT2D eigenvalue weighted by Gasteiger charge is 1.96. The van der Waals surface area contributed by atoms with Crippen LogP contribution in [0, 0.1) is 0 Å². The van der Waals surface area contributed by atoms with Gasteiger partial charge in [0.25, 0.3) is 0 Å². The van der Waals surface area contributed by atoms with Crippen molar-refractivity contribution in [3.8, 4) is 0 Å². The molecule has 0 saturated carbocycles. The van der Waals surface area contributed by atoms with Crippen LogP contribution in [0.5, 0.6) is 0 Å². The Kier molecular flexibility index (Phi) is 8.14. The van der Waals surface area contributed by atoms with Crippen LogP contribution in [0.15, 0.2) is 24.3 Å². The van der Waals surface area contributed by atoms with E-state index >= 15 is 0 Å². The molecular formula is C11H20O. The third-order valence-corrected chi connectivity index (χ3v) is 1.70. The lowest BCUT2D eigenvalue weighted by atomic mass is 10.1. The number of rotatable bonds is 1. The van der Waals surface area contributed by atoms with E-state index in [0.29, 0.717) is 0 Å².